The van der Waals surface area contributed by atoms with E-state index >= 15 is 0 Å². The molecule has 25 heavy (non-hydrogen) atoms. The fraction of sp³-hybridized carbons (Fsp3) is 0.214. The predicted molar refractivity (Wildman–Crippen MR) is 79.5 cm³/mol. The fourth-order valence-corrected chi connectivity index (χ4v) is 3.03. The summed E-state index contributed by atoms with van der Waals surface area (Å²) in [5.41, 5.74) is 1.08. The van der Waals surface area contributed by atoms with Crippen LogP contribution in [0.2, 0.25) is 0 Å². The molecule has 0 amide bonds. The third-order valence-electron chi connectivity index (χ3n) is 3.07. The van der Waals surface area contributed by atoms with Crippen molar-refractivity contribution in [3.8, 4) is 0 Å². The van der Waals surface area contributed by atoms with Gasteiger partial charge >= 0.3 is 12.1 Å². The Morgan fingerprint density at radius 2 is 1.96 bits per heavy atom. The van der Waals surface area contributed by atoms with Crippen LogP contribution in [0.3, 0.4) is 0 Å². The topological polar surface area (TPSA) is 94.4 Å². The van der Waals surface area contributed by atoms with Gasteiger partial charge in [0.15, 0.2) is 12.2 Å². The summed E-state index contributed by atoms with van der Waals surface area (Å²) in [5.74, 6) is -1.47. The van der Waals surface area contributed by atoms with Crippen LogP contribution in [0.4, 0.5) is 18.9 Å². The van der Waals surface area contributed by atoms with Crippen LogP contribution in [-0.4, -0.2) is 25.6 Å². The van der Waals surface area contributed by atoms with E-state index in [4.69, 9.17) is 4.42 Å². The average molecular weight is 372 g/mol. The van der Waals surface area contributed by atoms with Gasteiger partial charge in [-0.2, -0.15) is 22.5 Å². The van der Waals surface area contributed by atoms with Crippen molar-refractivity contribution in [3.05, 3.63) is 54.1 Å². The molecule has 3 rings (SSSR count). The van der Waals surface area contributed by atoms with E-state index in [2.05, 4.69) is 24.0 Å². The first kappa shape index (κ1) is 17.1. The van der Waals surface area contributed by atoms with Gasteiger partial charge in [0.05, 0.1) is 11.9 Å². The Kier molecular flexibility index (Phi) is 4.33. The quantitative estimate of drug-likeness (QED) is 0.696. The molecule has 0 fully saturated rings. The fourth-order valence-electron chi connectivity index (χ4n) is 1.94. The number of hydrogen-bond acceptors (Lipinski definition) is 7. The maximum absolute atomic E-state index is 12.5. The molecule has 0 aliphatic heterocycles. The monoisotopic (exact) mass is 372 g/mol. The van der Waals surface area contributed by atoms with Crippen LogP contribution < -0.4 is 0 Å². The molecule has 2 aromatic heterocycles. The SMILES string of the molecule is CS(=O)(=Nc1ccc(Cc2noc(C(F)(F)F)n2)cc1)c1cnco1. The van der Waals surface area contributed by atoms with Crippen molar-refractivity contribution in [1.29, 1.82) is 0 Å². The standard InChI is InChI=1S/C14H11F3N4O3S/c1-25(22,12-7-18-8-23-12)21-10-4-2-9(3-5-10)6-11-19-13(24-20-11)14(15,16)17/h2-5,7-8H,6H2,1H3. The molecule has 1 unspecified atom stereocenters. The molecular weight excluding hydrogens is 361 g/mol. The van der Waals surface area contributed by atoms with Crippen molar-refractivity contribution >= 4 is 15.4 Å². The lowest BCUT2D eigenvalue weighted by atomic mass is 10.1. The Labute approximate surface area is 140 Å². The lowest BCUT2D eigenvalue weighted by Gasteiger charge is -2.01. The van der Waals surface area contributed by atoms with E-state index in [9.17, 15) is 17.4 Å². The first-order valence-corrected chi connectivity index (χ1v) is 8.76. The number of benzene rings is 1. The van der Waals surface area contributed by atoms with Gasteiger partial charge in [-0.05, 0) is 17.7 Å². The Morgan fingerprint density at radius 3 is 2.52 bits per heavy atom. The van der Waals surface area contributed by atoms with Crippen LogP contribution in [0.5, 0.6) is 0 Å². The minimum atomic E-state index is -4.67. The van der Waals surface area contributed by atoms with E-state index in [1.165, 1.54) is 12.5 Å². The van der Waals surface area contributed by atoms with E-state index in [1.54, 1.807) is 24.3 Å². The Balaban J connectivity index is 1.77. The number of nitrogens with zero attached hydrogens (tertiary/aromatic N) is 4. The van der Waals surface area contributed by atoms with E-state index in [-0.39, 0.29) is 17.3 Å². The minimum absolute atomic E-state index is 0.0590. The summed E-state index contributed by atoms with van der Waals surface area (Å²) < 4.78 is 63.0. The van der Waals surface area contributed by atoms with Crippen molar-refractivity contribution in [2.24, 2.45) is 4.36 Å². The van der Waals surface area contributed by atoms with E-state index in [0.717, 1.165) is 6.39 Å². The summed E-state index contributed by atoms with van der Waals surface area (Å²) in [7, 11) is -2.77. The molecule has 0 saturated heterocycles. The van der Waals surface area contributed by atoms with Gasteiger partial charge in [-0.25, -0.2) is 9.19 Å². The molecule has 0 N–H and O–H groups in total. The molecule has 7 nitrogen and oxygen atoms in total. The Hall–Kier alpha value is -2.69. The maximum Gasteiger partial charge on any atom is 0.471 e. The zero-order valence-electron chi connectivity index (χ0n) is 12.7. The van der Waals surface area contributed by atoms with Gasteiger partial charge in [0.1, 0.15) is 9.73 Å². The van der Waals surface area contributed by atoms with Crippen LogP contribution in [0, 0.1) is 0 Å². The van der Waals surface area contributed by atoms with Crippen molar-refractivity contribution < 1.29 is 26.3 Å². The van der Waals surface area contributed by atoms with Gasteiger partial charge in [0.2, 0.25) is 5.09 Å². The highest BCUT2D eigenvalue weighted by Crippen LogP contribution is 2.27. The second-order valence-electron chi connectivity index (χ2n) is 5.07. The van der Waals surface area contributed by atoms with Crippen molar-refractivity contribution in [3.63, 3.8) is 0 Å². The summed E-state index contributed by atoms with van der Waals surface area (Å²) in [6.07, 6.45) is -0.704. The Bertz CT molecular complexity index is 972. The average Bonchev–Trinajstić information content (AvgIpc) is 3.19. The van der Waals surface area contributed by atoms with Gasteiger partial charge < -0.3 is 8.94 Å². The number of aromatic nitrogens is 3. The van der Waals surface area contributed by atoms with Gasteiger partial charge in [-0.1, -0.05) is 17.3 Å². The number of alkyl halides is 3. The molecule has 2 heterocycles. The molecule has 0 aliphatic carbocycles. The summed E-state index contributed by atoms with van der Waals surface area (Å²) in [5, 5.41) is 3.45. The van der Waals surface area contributed by atoms with Crippen LogP contribution in [0.25, 0.3) is 0 Å². The number of oxazole rings is 1. The van der Waals surface area contributed by atoms with Crippen LogP contribution in [0.15, 0.2) is 55.3 Å². The van der Waals surface area contributed by atoms with Crippen LogP contribution in [-0.2, 0) is 22.3 Å². The molecule has 0 spiro atoms. The summed E-state index contributed by atoms with van der Waals surface area (Å²) in [6, 6.07) is 6.41. The smallest absolute Gasteiger partial charge is 0.434 e. The van der Waals surface area contributed by atoms with Gasteiger partial charge in [0, 0.05) is 12.7 Å². The molecule has 0 bridgehead atoms. The highest BCUT2D eigenvalue weighted by molar-refractivity contribution is 7.92. The first-order valence-electron chi connectivity index (χ1n) is 6.83. The lowest BCUT2D eigenvalue weighted by Crippen LogP contribution is -2.05. The molecule has 11 heteroatoms. The van der Waals surface area contributed by atoms with Gasteiger partial charge in [-0.3, -0.25) is 0 Å². The summed E-state index contributed by atoms with van der Waals surface area (Å²) >= 11 is 0. The zero-order chi connectivity index (χ0) is 18.1. The number of halogens is 3. The summed E-state index contributed by atoms with van der Waals surface area (Å²) in [4.78, 5) is 7.00. The highest BCUT2D eigenvalue weighted by Gasteiger charge is 2.38. The first-order chi connectivity index (χ1) is 11.7. The molecule has 1 aromatic carbocycles. The normalized spacial score (nSPS) is 14.2. The van der Waals surface area contributed by atoms with Gasteiger partial charge in [0.25, 0.3) is 0 Å². The minimum Gasteiger partial charge on any atom is -0.434 e. The van der Waals surface area contributed by atoms with Crippen LogP contribution in [0.1, 0.15) is 17.3 Å². The van der Waals surface area contributed by atoms with Crippen molar-refractivity contribution in [2.45, 2.75) is 17.7 Å². The summed E-state index contributed by atoms with van der Waals surface area (Å²) in [6.45, 7) is 0. The third-order valence-corrected chi connectivity index (χ3v) is 4.58. The molecule has 0 saturated carbocycles. The lowest BCUT2D eigenvalue weighted by molar-refractivity contribution is -0.159. The van der Waals surface area contributed by atoms with E-state index in [0.29, 0.717) is 11.3 Å². The predicted octanol–water partition coefficient (Wildman–Crippen LogP) is 3.46. The van der Waals surface area contributed by atoms with Crippen molar-refractivity contribution in [2.75, 3.05) is 6.26 Å². The van der Waals surface area contributed by atoms with Gasteiger partial charge in [-0.15, -0.1) is 0 Å². The molecule has 3 aromatic rings. The van der Waals surface area contributed by atoms with E-state index in [1.807, 2.05) is 0 Å². The number of rotatable bonds is 4. The zero-order valence-corrected chi connectivity index (χ0v) is 13.5. The highest BCUT2D eigenvalue weighted by atomic mass is 32.2. The van der Waals surface area contributed by atoms with E-state index < -0.39 is 21.8 Å². The molecule has 0 aliphatic rings. The molecule has 132 valence electrons. The maximum atomic E-state index is 12.5. The molecule has 0 radical (unpaired) electrons. The largest absolute Gasteiger partial charge is 0.471 e. The van der Waals surface area contributed by atoms with Crippen LogP contribution >= 0.6 is 0 Å². The second kappa shape index (κ2) is 6.31. The third kappa shape index (κ3) is 4.05. The second-order valence-corrected chi connectivity index (χ2v) is 7.26. The number of hydrogen-bond donors (Lipinski definition) is 0. The Morgan fingerprint density at radius 1 is 1.24 bits per heavy atom. The molecular formula is C14H11F3N4O3S. The molecule has 1 atom stereocenters. The van der Waals surface area contributed by atoms with Crippen molar-refractivity contribution in [1.82, 2.24) is 15.1 Å².